The molecule has 0 aliphatic heterocycles. The van der Waals surface area contributed by atoms with Crippen LogP contribution >= 0.6 is 38.6 Å². The molecule has 0 aromatic carbocycles. The largest absolute Gasteiger partial charge is 0.293 e. The van der Waals surface area contributed by atoms with E-state index in [0.717, 1.165) is 25.7 Å². The van der Waals surface area contributed by atoms with E-state index in [0.29, 0.717) is 18.6 Å². The highest BCUT2D eigenvalue weighted by Crippen LogP contribution is 2.39. The fourth-order valence-electron chi connectivity index (χ4n) is 2.27. The monoisotopic (exact) mass is 372 g/mol. The number of carbonyl (C=O) groups is 1. The highest BCUT2D eigenvalue weighted by Gasteiger charge is 2.27. The Labute approximate surface area is 136 Å². The normalized spacial score (nSPS) is 13.0. The fraction of sp³-hybridized carbons (Fsp3) is 0.500. The van der Waals surface area contributed by atoms with Crippen LogP contribution in [0.1, 0.15) is 49.2 Å². The van der Waals surface area contributed by atoms with Crippen molar-refractivity contribution in [3.05, 3.63) is 14.5 Å². The van der Waals surface area contributed by atoms with Crippen LogP contribution < -0.4 is 4.78 Å². The minimum atomic E-state index is -0.412. The molecule has 1 unspecified atom stereocenters. The van der Waals surface area contributed by atoms with Gasteiger partial charge in [-0.3, -0.25) is 4.79 Å². The minimum Gasteiger partial charge on any atom is -0.293 e. The van der Waals surface area contributed by atoms with Crippen molar-refractivity contribution in [2.24, 2.45) is 5.92 Å². The number of Topliss-reactive ketones (excluding diaryl/α,β-unsaturated/α-hetero) is 1. The number of carbonyl (C=O) groups excluding carboxylic acids is 1. The van der Waals surface area contributed by atoms with E-state index in [1.54, 1.807) is 0 Å². The minimum absolute atomic E-state index is 0.0732. The zero-order chi connectivity index (χ0) is 14.9. The van der Waals surface area contributed by atoms with Crippen molar-refractivity contribution in [2.75, 3.05) is 0 Å². The summed E-state index contributed by atoms with van der Waals surface area (Å²) in [6, 6.07) is 0. The summed E-state index contributed by atoms with van der Waals surface area (Å²) in [6.07, 6.45) is 3.62. The summed E-state index contributed by atoms with van der Waals surface area (Å²) >= 11 is 5.81. The van der Waals surface area contributed by atoms with Gasteiger partial charge < -0.3 is 0 Å². The Morgan fingerprint density at radius 2 is 2.10 bits per heavy atom. The lowest BCUT2D eigenvalue weighted by atomic mass is 9.93. The van der Waals surface area contributed by atoms with E-state index in [9.17, 15) is 9.18 Å². The summed E-state index contributed by atoms with van der Waals surface area (Å²) in [5.74, 6) is -0.573. The lowest BCUT2D eigenvalue weighted by molar-refractivity contribution is 0.0909. The van der Waals surface area contributed by atoms with Crippen LogP contribution in [0.5, 0.6) is 0 Å². The topological polar surface area (TPSA) is 17.1 Å². The van der Waals surface area contributed by atoms with Gasteiger partial charge in [-0.05, 0) is 33.5 Å². The van der Waals surface area contributed by atoms with Crippen molar-refractivity contribution in [3.63, 3.8) is 0 Å². The van der Waals surface area contributed by atoms with E-state index in [4.69, 9.17) is 7.85 Å². The number of thiophene rings is 2. The van der Waals surface area contributed by atoms with Gasteiger partial charge in [0.15, 0.2) is 11.6 Å². The van der Waals surface area contributed by atoms with Gasteiger partial charge in [0.25, 0.3) is 0 Å². The van der Waals surface area contributed by atoms with E-state index in [1.807, 2.05) is 6.92 Å². The van der Waals surface area contributed by atoms with Gasteiger partial charge in [-0.15, -0.1) is 22.7 Å². The smallest absolute Gasteiger partial charge is 0.178 e. The summed E-state index contributed by atoms with van der Waals surface area (Å²) in [5.41, 5.74) is 0. The molecule has 0 fully saturated rings. The first-order valence-corrected chi connectivity index (χ1v) is 9.13. The Morgan fingerprint density at radius 1 is 1.40 bits per heavy atom. The van der Waals surface area contributed by atoms with E-state index < -0.39 is 5.82 Å². The molecule has 2 heterocycles. The van der Waals surface area contributed by atoms with E-state index in [1.165, 1.54) is 22.7 Å². The molecule has 2 rings (SSSR count). The Bertz CT molecular complexity index is 635. The predicted octanol–water partition coefficient (Wildman–Crippen LogP) is 5.06. The molecule has 0 saturated carbocycles. The zero-order valence-electron chi connectivity index (χ0n) is 11.5. The second kappa shape index (κ2) is 6.71. The maximum absolute atomic E-state index is 14.5. The number of rotatable bonds is 6. The van der Waals surface area contributed by atoms with E-state index >= 15 is 0 Å². The lowest BCUT2D eigenvalue weighted by Gasteiger charge is -2.11. The van der Waals surface area contributed by atoms with Gasteiger partial charge in [0.05, 0.1) is 9.17 Å². The van der Waals surface area contributed by atoms with Crippen molar-refractivity contribution >= 4 is 67.1 Å². The molecular formula is C14H15BBrFOS2. The summed E-state index contributed by atoms with van der Waals surface area (Å²) in [7, 11) is 5.87. The molecule has 0 amide bonds. The highest BCUT2D eigenvalue weighted by molar-refractivity contribution is 9.11. The molecule has 6 heteroatoms. The first kappa shape index (κ1) is 16.2. The third-order valence-electron chi connectivity index (χ3n) is 3.46. The molecule has 106 valence electrons. The Kier molecular flexibility index (Phi) is 5.43. The molecule has 0 N–H and O–H groups in total. The fourth-order valence-corrected chi connectivity index (χ4v) is 5.35. The summed E-state index contributed by atoms with van der Waals surface area (Å²) in [4.78, 5) is 12.7. The molecule has 0 saturated heterocycles. The first-order valence-electron chi connectivity index (χ1n) is 6.71. The van der Waals surface area contributed by atoms with Crippen LogP contribution in [0.2, 0.25) is 0 Å². The van der Waals surface area contributed by atoms with Gasteiger partial charge in [0, 0.05) is 10.6 Å². The van der Waals surface area contributed by atoms with Crippen molar-refractivity contribution in [1.29, 1.82) is 0 Å². The number of ketones is 1. The third-order valence-corrected chi connectivity index (χ3v) is 6.49. The standard InChI is InChI=1S/C14H15BBrFOS2/c1-3-5-6-7(4-2)10(18)12-9(17)8-11(19-12)13(15)20-14(8)16/h7H,3-6H2,1-2H3. The van der Waals surface area contributed by atoms with Crippen molar-refractivity contribution < 1.29 is 9.18 Å². The molecule has 2 radical (unpaired) electrons. The number of fused-ring (bicyclic) bond motifs is 1. The zero-order valence-corrected chi connectivity index (χ0v) is 14.7. The summed E-state index contributed by atoms with van der Waals surface area (Å²) < 4.78 is 16.4. The molecular weight excluding hydrogens is 358 g/mol. The molecule has 1 atom stereocenters. The van der Waals surface area contributed by atoms with Gasteiger partial charge in [-0.25, -0.2) is 4.39 Å². The molecule has 0 spiro atoms. The third kappa shape index (κ3) is 2.88. The lowest BCUT2D eigenvalue weighted by Crippen LogP contribution is -2.14. The van der Waals surface area contributed by atoms with Crippen LogP contribution in [0.25, 0.3) is 10.1 Å². The number of halogens is 2. The molecule has 0 aliphatic carbocycles. The quantitative estimate of drug-likeness (QED) is 0.511. The molecule has 1 nitrogen and oxygen atoms in total. The summed E-state index contributed by atoms with van der Waals surface area (Å²) in [6.45, 7) is 4.08. The molecule has 0 bridgehead atoms. The van der Waals surface area contributed by atoms with Crippen LogP contribution in [0.15, 0.2) is 3.79 Å². The second-order valence-corrected chi connectivity index (χ2v) is 8.19. The van der Waals surface area contributed by atoms with Crippen LogP contribution in [0.3, 0.4) is 0 Å². The van der Waals surface area contributed by atoms with E-state index in [2.05, 4.69) is 22.9 Å². The average molecular weight is 373 g/mol. The Morgan fingerprint density at radius 3 is 2.65 bits per heavy atom. The van der Waals surface area contributed by atoms with Gasteiger partial charge in [0.2, 0.25) is 0 Å². The average Bonchev–Trinajstić information content (AvgIpc) is 2.90. The second-order valence-electron chi connectivity index (χ2n) is 4.80. The SMILES string of the molecule is [B]c1sc(Br)c2c(F)c(C(=O)C(CC)CCCC)sc12. The van der Waals surface area contributed by atoms with Crippen molar-refractivity contribution in [3.8, 4) is 0 Å². The van der Waals surface area contributed by atoms with Crippen LogP contribution in [0.4, 0.5) is 4.39 Å². The Hall–Kier alpha value is -0.195. The summed E-state index contributed by atoms with van der Waals surface area (Å²) in [5, 5.41) is 0.464. The Balaban J connectivity index is 2.39. The van der Waals surface area contributed by atoms with Gasteiger partial charge in [-0.2, -0.15) is 0 Å². The highest BCUT2D eigenvalue weighted by atomic mass is 79.9. The van der Waals surface area contributed by atoms with Gasteiger partial charge in [-0.1, -0.05) is 26.7 Å². The van der Waals surface area contributed by atoms with Crippen molar-refractivity contribution in [2.45, 2.75) is 39.5 Å². The number of unbranched alkanes of at least 4 members (excludes halogenated alkanes) is 1. The predicted molar refractivity (Wildman–Crippen MR) is 90.4 cm³/mol. The number of hydrogen-bond donors (Lipinski definition) is 0. The van der Waals surface area contributed by atoms with Crippen LogP contribution in [-0.2, 0) is 0 Å². The molecule has 2 aromatic rings. The molecule has 20 heavy (non-hydrogen) atoms. The maximum Gasteiger partial charge on any atom is 0.178 e. The first-order chi connectivity index (χ1) is 9.51. The molecule has 0 aliphatic rings. The van der Waals surface area contributed by atoms with Gasteiger partial charge >= 0.3 is 0 Å². The maximum atomic E-state index is 14.5. The molecule has 2 aromatic heterocycles. The van der Waals surface area contributed by atoms with Gasteiger partial charge in [0.1, 0.15) is 12.7 Å². The van der Waals surface area contributed by atoms with Crippen molar-refractivity contribution in [1.82, 2.24) is 0 Å². The van der Waals surface area contributed by atoms with Crippen LogP contribution in [0, 0.1) is 11.7 Å². The van der Waals surface area contributed by atoms with E-state index in [-0.39, 0.29) is 16.6 Å². The number of hydrogen-bond acceptors (Lipinski definition) is 3. The van der Waals surface area contributed by atoms with Crippen LogP contribution in [-0.4, -0.2) is 13.6 Å².